The number of nitrogens with one attached hydrogen (secondary N) is 2. The van der Waals surface area contributed by atoms with E-state index in [-0.39, 0.29) is 30.1 Å². The molecule has 0 bridgehead atoms. The topological polar surface area (TPSA) is 73.3 Å². The molecule has 1 unspecified atom stereocenters. The van der Waals surface area contributed by atoms with Crippen LogP contribution in [0, 0.1) is 6.92 Å². The molecule has 2 aromatic carbocycles. The number of hydrogen-bond donors (Lipinski definition) is 2. The fraction of sp³-hybridized carbons (Fsp3) is 0.458. The molecule has 1 heterocycles. The van der Waals surface area contributed by atoms with Crippen molar-refractivity contribution in [3.63, 3.8) is 0 Å². The third-order valence-corrected chi connectivity index (χ3v) is 5.09. The molecule has 1 aliphatic heterocycles. The van der Waals surface area contributed by atoms with Gasteiger partial charge in [0.1, 0.15) is 11.9 Å². The van der Waals surface area contributed by atoms with E-state index in [0.29, 0.717) is 31.2 Å². The first-order valence-electron chi connectivity index (χ1n) is 10.7. The summed E-state index contributed by atoms with van der Waals surface area (Å²) in [6.07, 6.45) is 1.04. The first kappa shape index (κ1) is 26.1. The van der Waals surface area contributed by atoms with Crippen molar-refractivity contribution in [1.82, 2.24) is 10.6 Å². The summed E-state index contributed by atoms with van der Waals surface area (Å²) in [5.74, 6) is 3.03. The van der Waals surface area contributed by atoms with Crippen molar-refractivity contribution in [2.75, 3.05) is 34.0 Å². The number of rotatable bonds is 9. The standard InChI is InChI=1S/C24H33N3O4.HI/c1-5-25-24(27-15-19-7-6-8-21(28-3)23(19)29-4)26-14-18-10-9-17(2)13-22(18)31-20-11-12-30-16-20;/h6-10,13,20H,5,11-12,14-16H2,1-4H3,(H2,25,26,27);1H. The van der Waals surface area contributed by atoms with Crippen molar-refractivity contribution in [2.45, 2.75) is 39.5 Å². The number of aryl methyl sites for hydroxylation is 1. The van der Waals surface area contributed by atoms with Crippen LogP contribution < -0.4 is 24.8 Å². The number of aliphatic imine (C=N–C) groups is 1. The lowest BCUT2D eigenvalue weighted by Crippen LogP contribution is -2.37. The quantitative estimate of drug-likeness (QED) is 0.277. The van der Waals surface area contributed by atoms with Gasteiger partial charge in [0.25, 0.3) is 0 Å². The van der Waals surface area contributed by atoms with Gasteiger partial charge in [-0.15, -0.1) is 24.0 Å². The molecule has 2 N–H and O–H groups in total. The van der Waals surface area contributed by atoms with Gasteiger partial charge in [-0.25, -0.2) is 4.99 Å². The van der Waals surface area contributed by atoms with Gasteiger partial charge < -0.3 is 29.6 Å². The number of ether oxygens (including phenoxy) is 4. The molecular formula is C24H34IN3O4. The molecule has 2 aromatic rings. The van der Waals surface area contributed by atoms with Gasteiger partial charge in [-0.3, -0.25) is 0 Å². The molecule has 1 atom stereocenters. The highest BCUT2D eigenvalue weighted by molar-refractivity contribution is 14.0. The summed E-state index contributed by atoms with van der Waals surface area (Å²) in [6, 6.07) is 12.1. The average molecular weight is 555 g/mol. The second-order valence-electron chi connectivity index (χ2n) is 7.42. The van der Waals surface area contributed by atoms with Crippen molar-refractivity contribution in [2.24, 2.45) is 4.99 Å². The largest absolute Gasteiger partial charge is 0.493 e. The SMILES string of the molecule is CCNC(=NCc1cccc(OC)c1OC)NCc1ccc(C)cc1OC1CCOC1.I. The number of methoxy groups -OCH3 is 2. The molecule has 1 saturated heterocycles. The van der Waals surface area contributed by atoms with Crippen molar-refractivity contribution in [1.29, 1.82) is 0 Å². The lowest BCUT2D eigenvalue weighted by molar-refractivity contribution is 0.140. The Morgan fingerprint density at radius 1 is 1.09 bits per heavy atom. The maximum Gasteiger partial charge on any atom is 0.191 e. The molecule has 0 aliphatic carbocycles. The molecule has 3 rings (SSSR count). The summed E-state index contributed by atoms with van der Waals surface area (Å²) < 4.78 is 22.6. The lowest BCUT2D eigenvalue weighted by Gasteiger charge is -2.18. The molecule has 0 saturated carbocycles. The zero-order valence-electron chi connectivity index (χ0n) is 19.3. The van der Waals surface area contributed by atoms with E-state index in [9.17, 15) is 0 Å². The predicted molar refractivity (Wildman–Crippen MR) is 138 cm³/mol. The Bertz CT molecular complexity index is 886. The third kappa shape index (κ3) is 7.16. The van der Waals surface area contributed by atoms with Gasteiger partial charge in [0.05, 0.1) is 34.0 Å². The molecule has 32 heavy (non-hydrogen) atoms. The molecule has 0 aromatic heterocycles. The van der Waals surface area contributed by atoms with Crippen molar-refractivity contribution in [3.05, 3.63) is 53.1 Å². The maximum atomic E-state index is 6.21. The van der Waals surface area contributed by atoms with Crippen LogP contribution in [0.5, 0.6) is 17.2 Å². The smallest absolute Gasteiger partial charge is 0.191 e. The van der Waals surface area contributed by atoms with E-state index < -0.39 is 0 Å². The Kier molecular flexibility index (Phi) is 10.9. The minimum atomic E-state index is 0. The number of nitrogens with zero attached hydrogens (tertiary/aromatic N) is 1. The monoisotopic (exact) mass is 555 g/mol. The highest BCUT2D eigenvalue weighted by Crippen LogP contribution is 2.31. The van der Waals surface area contributed by atoms with E-state index in [1.54, 1.807) is 14.2 Å². The summed E-state index contributed by atoms with van der Waals surface area (Å²) in [7, 11) is 3.28. The fourth-order valence-electron chi connectivity index (χ4n) is 3.47. The molecule has 0 radical (unpaired) electrons. The molecule has 8 heteroatoms. The number of para-hydroxylation sites is 1. The van der Waals surface area contributed by atoms with Gasteiger partial charge in [-0.05, 0) is 31.5 Å². The van der Waals surface area contributed by atoms with E-state index in [1.165, 1.54) is 5.56 Å². The van der Waals surface area contributed by atoms with E-state index in [2.05, 4.69) is 35.8 Å². The second-order valence-corrected chi connectivity index (χ2v) is 7.42. The fourth-order valence-corrected chi connectivity index (χ4v) is 3.47. The van der Waals surface area contributed by atoms with Crippen LogP contribution in [-0.2, 0) is 17.8 Å². The van der Waals surface area contributed by atoms with Crippen LogP contribution in [0.25, 0.3) is 0 Å². The number of hydrogen-bond acceptors (Lipinski definition) is 5. The zero-order valence-corrected chi connectivity index (χ0v) is 21.6. The summed E-state index contributed by atoms with van der Waals surface area (Å²) in [6.45, 7) is 7.35. The zero-order chi connectivity index (χ0) is 22.1. The van der Waals surface area contributed by atoms with Gasteiger partial charge in [0.2, 0.25) is 0 Å². The van der Waals surface area contributed by atoms with Gasteiger partial charge in [-0.1, -0.05) is 24.3 Å². The van der Waals surface area contributed by atoms with Crippen molar-refractivity contribution >= 4 is 29.9 Å². The van der Waals surface area contributed by atoms with Gasteiger partial charge in [-0.2, -0.15) is 0 Å². The maximum absolute atomic E-state index is 6.21. The number of benzene rings is 2. The first-order valence-corrected chi connectivity index (χ1v) is 10.7. The van der Waals surface area contributed by atoms with Gasteiger partial charge in [0, 0.05) is 30.6 Å². The minimum absolute atomic E-state index is 0. The Morgan fingerprint density at radius 2 is 1.94 bits per heavy atom. The van der Waals surface area contributed by atoms with E-state index in [0.717, 1.165) is 42.4 Å². The normalized spacial score (nSPS) is 15.6. The Morgan fingerprint density at radius 3 is 2.62 bits per heavy atom. The molecule has 0 spiro atoms. The molecule has 1 aliphatic rings. The number of guanidine groups is 1. The summed E-state index contributed by atoms with van der Waals surface area (Å²) in [5.41, 5.74) is 3.21. The van der Waals surface area contributed by atoms with Crippen LogP contribution in [0.4, 0.5) is 0 Å². The van der Waals surface area contributed by atoms with Crippen LogP contribution in [0.1, 0.15) is 30.0 Å². The summed E-state index contributed by atoms with van der Waals surface area (Å²) in [5, 5.41) is 6.71. The van der Waals surface area contributed by atoms with Crippen LogP contribution >= 0.6 is 24.0 Å². The lowest BCUT2D eigenvalue weighted by atomic mass is 10.1. The van der Waals surface area contributed by atoms with E-state index in [1.807, 2.05) is 25.1 Å². The van der Waals surface area contributed by atoms with E-state index >= 15 is 0 Å². The highest BCUT2D eigenvalue weighted by Gasteiger charge is 2.19. The highest BCUT2D eigenvalue weighted by atomic mass is 127. The van der Waals surface area contributed by atoms with Crippen LogP contribution in [-0.4, -0.2) is 46.0 Å². The van der Waals surface area contributed by atoms with E-state index in [4.69, 9.17) is 23.9 Å². The molecule has 1 fully saturated rings. The average Bonchev–Trinajstić information content (AvgIpc) is 3.29. The summed E-state index contributed by atoms with van der Waals surface area (Å²) in [4.78, 5) is 4.73. The molecule has 0 amide bonds. The van der Waals surface area contributed by atoms with Gasteiger partial charge >= 0.3 is 0 Å². The first-order chi connectivity index (χ1) is 15.1. The van der Waals surface area contributed by atoms with Gasteiger partial charge in [0.15, 0.2) is 17.5 Å². The molecular weight excluding hydrogens is 521 g/mol. The predicted octanol–water partition coefficient (Wildman–Crippen LogP) is 4.05. The second kappa shape index (κ2) is 13.4. The summed E-state index contributed by atoms with van der Waals surface area (Å²) >= 11 is 0. The van der Waals surface area contributed by atoms with Crippen LogP contribution in [0.2, 0.25) is 0 Å². The Hall–Kier alpha value is -2.20. The third-order valence-electron chi connectivity index (χ3n) is 5.09. The number of halogens is 1. The van der Waals surface area contributed by atoms with Crippen molar-refractivity contribution in [3.8, 4) is 17.2 Å². The van der Waals surface area contributed by atoms with Crippen molar-refractivity contribution < 1.29 is 18.9 Å². The molecule has 7 nitrogen and oxygen atoms in total. The minimum Gasteiger partial charge on any atom is -0.493 e. The Balaban J connectivity index is 0.00000363. The Labute approximate surface area is 207 Å². The molecule has 176 valence electrons. The van der Waals surface area contributed by atoms with Crippen LogP contribution in [0.15, 0.2) is 41.4 Å². The van der Waals surface area contributed by atoms with Crippen LogP contribution in [0.3, 0.4) is 0 Å².